The van der Waals surface area contributed by atoms with Crippen molar-refractivity contribution < 1.29 is 17.1 Å². The fourth-order valence-electron chi connectivity index (χ4n) is 4.13. The van der Waals surface area contributed by atoms with Gasteiger partial charge in [0.1, 0.15) is 0 Å². The zero-order valence-corrected chi connectivity index (χ0v) is 27.7. The summed E-state index contributed by atoms with van der Waals surface area (Å²) in [6, 6.07) is 50.0. The van der Waals surface area contributed by atoms with E-state index in [4.69, 9.17) is 0 Å². The van der Waals surface area contributed by atoms with Gasteiger partial charge in [-0.1, -0.05) is 11.8 Å². The molecule has 5 heterocycles. The summed E-state index contributed by atoms with van der Waals surface area (Å²) >= 11 is 0. The molecular formula is C44H31MnN4-5. The number of fused-ring (bicyclic) bond motifs is 4. The van der Waals surface area contributed by atoms with Crippen molar-refractivity contribution in [2.45, 2.75) is 0 Å². The largest absolute Gasteiger partial charge is 0.339 e. The van der Waals surface area contributed by atoms with Gasteiger partial charge in [0, 0.05) is 22.8 Å². The van der Waals surface area contributed by atoms with Gasteiger partial charge < -0.3 is 4.99 Å². The summed E-state index contributed by atoms with van der Waals surface area (Å²) in [6.45, 7) is 0. The van der Waals surface area contributed by atoms with Crippen molar-refractivity contribution in [1.29, 1.82) is 0 Å². The molecule has 0 spiro atoms. The molecule has 5 aliphatic rings. The molecule has 239 valence electrons. The molecule has 0 aromatic heterocycles. The van der Waals surface area contributed by atoms with Gasteiger partial charge in [-0.15, -0.1) is 12.2 Å². The number of benzene rings is 4. The summed E-state index contributed by atoms with van der Waals surface area (Å²) in [7, 11) is 0. The van der Waals surface area contributed by atoms with Crippen LogP contribution >= 0.6 is 0 Å². The van der Waals surface area contributed by atoms with Crippen LogP contribution in [-0.4, -0.2) is 22.8 Å². The fourth-order valence-corrected chi connectivity index (χ4v) is 4.13. The molecule has 0 N–H and O–H groups in total. The molecule has 9 rings (SSSR count). The Labute approximate surface area is 300 Å². The zero-order valence-electron chi connectivity index (χ0n) is 26.6. The topological polar surface area (TPSA) is 49.4 Å². The summed E-state index contributed by atoms with van der Waals surface area (Å²) in [5.74, 6) is 0. The van der Waals surface area contributed by atoms with Gasteiger partial charge in [0.15, 0.2) is 0 Å². The van der Waals surface area contributed by atoms with E-state index in [0.29, 0.717) is 0 Å². The maximum absolute atomic E-state index is 4.59. The van der Waals surface area contributed by atoms with Gasteiger partial charge >= 0.3 is 0 Å². The van der Waals surface area contributed by atoms with Gasteiger partial charge in [-0.25, -0.2) is 4.99 Å². The maximum atomic E-state index is 4.59. The van der Waals surface area contributed by atoms with Crippen LogP contribution in [0.4, 0.5) is 0 Å². The van der Waals surface area contributed by atoms with Crippen LogP contribution in [0.15, 0.2) is 231 Å². The third-order valence-electron chi connectivity index (χ3n) is 6.27. The zero-order chi connectivity index (χ0) is 32.9. The summed E-state index contributed by atoms with van der Waals surface area (Å²) < 4.78 is 0. The number of nitrogens with zero attached hydrogens (tertiary/aromatic N) is 4. The van der Waals surface area contributed by atoms with Gasteiger partial charge in [-0.2, -0.15) is 152 Å². The van der Waals surface area contributed by atoms with Crippen molar-refractivity contribution in [2.75, 3.05) is 0 Å². The molecule has 8 bridgehead atoms. The van der Waals surface area contributed by atoms with E-state index in [0.717, 1.165) is 45.6 Å². The molecule has 4 aromatic rings. The van der Waals surface area contributed by atoms with Crippen LogP contribution in [0.1, 0.15) is 0 Å². The van der Waals surface area contributed by atoms with Crippen molar-refractivity contribution >= 4 is 22.8 Å². The summed E-state index contributed by atoms with van der Waals surface area (Å²) in [5.41, 5.74) is 6.88. The number of hydrogen-bond donors (Lipinski definition) is 0. The van der Waals surface area contributed by atoms with Gasteiger partial charge in [-0.05, 0) is 54.3 Å². The SMILES string of the molecule is [C-]1=CC2=NC1=CC1=NC(=CC3=NC(=CC4=NC(=C2)C=C4)C=C3)C=C1.[Mn].[c-]1ccccc1.[c-]1ccccc1.[c-]1ccccc1.[c-]1ccccc1. The second-order valence-electron chi connectivity index (χ2n) is 9.98. The van der Waals surface area contributed by atoms with Crippen molar-refractivity contribution in [3.05, 3.63) is 241 Å². The molecule has 4 nitrogen and oxygen atoms in total. The molecule has 5 aliphatic heterocycles. The first-order chi connectivity index (χ1) is 23.8. The van der Waals surface area contributed by atoms with Crippen LogP contribution in [-0.2, 0) is 17.1 Å². The van der Waals surface area contributed by atoms with E-state index in [-0.39, 0.29) is 17.1 Å². The molecule has 0 unspecified atom stereocenters. The van der Waals surface area contributed by atoms with Crippen molar-refractivity contribution in [1.82, 2.24) is 0 Å². The number of aliphatic imine (C=N–C) groups is 4. The first kappa shape index (κ1) is 35.8. The van der Waals surface area contributed by atoms with Crippen LogP contribution in [0, 0.1) is 30.3 Å². The van der Waals surface area contributed by atoms with Crippen LogP contribution in [0.2, 0.25) is 0 Å². The third kappa shape index (κ3) is 13.7. The monoisotopic (exact) mass is 670 g/mol. The molecule has 0 amide bonds. The Kier molecular flexibility index (Phi) is 15.4. The van der Waals surface area contributed by atoms with Gasteiger partial charge in [-0.3, -0.25) is 9.98 Å². The standard InChI is InChI=1S/C20H11N4.4C6H5.Mn/c1-2-14-10-16-5-6-18(23-16)12-20-8-7-19(24-20)11-17-4-3-15(22-17)9-13(1)21-14;4*1-2-4-6-5-3-1;/h1-7,9-12H;4*1-5H;/q5*-1;. The van der Waals surface area contributed by atoms with Crippen LogP contribution in [0.5, 0.6) is 0 Å². The van der Waals surface area contributed by atoms with Crippen molar-refractivity contribution in [3.8, 4) is 0 Å². The van der Waals surface area contributed by atoms with Crippen LogP contribution in [0.25, 0.3) is 0 Å². The van der Waals surface area contributed by atoms with Crippen molar-refractivity contribution in [3.63, 3.8) is 0 Å². The Bertz CT molecular complexity index is 1560. The average molecular weight is 671 g/mol. The summed E-state index contributed by atoms with van der Waals surface area (Å²) in [6.07, 6.45) is 24.7. The maximum Gasteiger partial charge on any atom is 0.0659 e. The first-order valence-electron chi connectivity index (χ1n) is 15.3. The predicted molar refractivity (Wildman–Crippen MR) is 198 cm³/mol. The third-order valence-corrected chi connectivity index (χ3v) is 6.27. The quantitative estimate of drug-likeness (QED) is 0.132. The van der Waals surface area contributed by atoms with Crippen LogP contribution < -0.4 is 0 Å². The second kappa shape index (κ2) is 21.0. The summed E-state index contributed by atoms with van der Waals surface area (Å²) in [4.78, 5) is 18.3. The predicted octanol–water partition coefficient (Wildman–Crippen LogP) is 9.33. The molecule has 49 heavy (non-hydrogen) atoms. The molecule has 5 heteroatoms. The van der Waals surface area contributed by atoms with Gasteiger partial charge in [0.2, 0.25) is 0 Å². The van der Waals surface area contributed by atoms with E-state index in [2.05, 4.69) is 50.3 Å². The molecule has 1 radical (unpaired) electrons. The normalized spacial score (nSPS) is 15.0. The first-order valence-corrected chi connectivity index (χ1v) is 15.3. The average Bonchev–Trinajstić information content (AvgIpc) is 4.00. The minimum absolute atomic E-state index is 0. The molecule has 0 fully saturated rings. The number of rotatable bonds is 0. The Morgan fingerprint density at radius 2 is 0.653 bits per heavy atom. The van der Waals surface area contributed by atoms with E-state index < -0.39 is 0 Å². The molecule has 4 aromatic carbocycles. The van der Waals surface area contributed by atoms with Crippen LogP contribution in [0.3, 0.4) is 0 Å². The minimum Gasteiger partial charge on any atom is -0.339 e. The van der Waals surface area contributed by atoms with Gasteiger partial charge in [0.25, 0.3) is 0 Å². The summed E-state index contributed by atoms with van der Waals surface area (Å²) in [5, 5.41) is 0. The minimum atomic E-state index is 0. The van der Waals surface area contributed by atoms with Crippen molar-refractivity contribution in [2.24, 2.45) is 20.0 Å². The molecular weight excluding hydrogens is 639 g/mol. The van der Waals surface area contributed by atoms with E-state index in [1.54, 1.807) is 0 Å². The second-order valence-corrected chi connectivity index (χ2v) is 9.98. The van der Waals surface area contributed by atoms with Gasteiger partial charge in [0.05, 0.1) is 28.5 Å². The smallest absolute Gasteiger partial charge is 0.0659 e. The molecule has 0 atom stereocenters. The Morgan fingerprint density at radius 3 is 0.959 bits per heavy atom. The Hall–Kier alpha value is -6.00. The molecule has 0 saturated heterocycles. The van der Waals surface area contributed by atoms with E-state index >= 15 is 0 Å². The number of allylic oxidation sites excluding steroid dienone is 12. The Morgan fingerprint density at radius 1 is 0.327 bits per heavy atom. The Balaban J connectivity index is 0.000000175. The van der Waals surface area contributed by atoms with E-state index in [9.17, 15) is 0 Å². The van der Waals surface area contributed by atoms with E-state index in [1.807, 2.05) is 188 Å². The molecule has 0 aliphatic carbocycles. The number of hydrogen-bond acceptors (Lipinski definition) is 4. The fraction of sp³-hybridized carbons (Fsp3) is 0. The van der Waals surface area contributed by atoms with E-state index in [1.165, 1.54) is 0 Å². The molecule has 0 saturated carbocycles.